The Kier molecular flexibility index (Phi) is 2.89. The summed E-state index contributed by atoms with van der Waals surface area (Å²) in [5, 5.41) is 7.40. The molecule has 4 heterocycles. The van der Waals surface area contributed by atoms with Crippen molar-refractivity contribution in [3.05, 3.63) is 97.2 Å². The number of para-hydroxylation sites is 2. The van der Waals surface area contributed by atoms with Gasteiger partial charge in [0.1, 0.15) is 11.2 Å². The maximum atomic E-state index is 6.22. The van der Waals surface area contributed by atoms with Gasteiger partial charge in [0.25, 0.3) is 0 Å². The molecule has 0 amide bonds. The Morgan fingerprint density at radius 3 is 2.25 bits per heavy atom. The Bertz CT molecular complexity index is 1980. The molecular weight excluding hydrogens is 392 g/mol. The van der Waals surface area contributed by atoms with Crippen molar-refractivity contribution in [3.8, 4) is 11.3 Å². The summed E-state index contributed by atoms with van der Waals surface area (Å²) in [6.07, 6.45) is 1.85. The van der Waals surface area contributed by atoms with E-state index in [4.69, 9.17) is 4.42 Å². The molecule has 0 unspecified atom stereocenters. The van der Waals surface area contributed by atoms with Crippen LogP contribution in [-0.4, -0.2) is 9.38 Å². The summed E-state index contributed by atoms with van der Waals surface area (Å²) in [4.78, 5) is 4.55. The third kappa shape index (κ3) is 1.94. The highest BCUT2D eigenvalue weighted by Gasteiger charge is 2.19. The molecule has 8 rings (SSSR count). The Hall–Kier alpha value is -4.37. The molecule has 4 aromatic heterocycles. The average Bonchev–Trinajstić information content (AvgIpc) is 3.49. The first-order chi connectivity index (χ1) is 15.9. The van der Waals surface area contributed by atoms with Gasteiger partial charge >= 0.3 is 0 Å². The molecule has 0 spiro atoms. The zero-order valence-electron chi connectivity index (χ0n) is 17.0. The van der Waals surface area contributed by atoms with E-state index in [1.165, 1.54) is 48.9 Å². The topological polar surface area (TPSA) is 30.4 Å². The van der Waals surface area contributed by atoms with Crippen molar-refractivity contribution in [2.24, 2.45) is 0 Å². The molecule has 148 valence electrons. The number of aromatic nitrogens is 2. The van der Waals surface area contributed by atoms with Crippen molar-refractivity contribution in [3.63, 3.8) is 0 Å². The number of rotatable bonds is 1. The first-order valence-corrected chi connectivity index (χ1v) is 10.8. The SMILES string of the molecule is c1ccc(-c2ccc3c(c2)c2cccc4c5cc6c(cc5n3c24)oc2ccccc26)nc1. The second-order valence-electron chi connectivity index (χ2n) is 8.45. The van der Waals surface area contributed by atoms with Gasteiger partial charge < -0.3 is 8.82 Å². The summed E-state index contributed by atoms with van der Waals surface area (Å²) in [5.41, 5.74) is 7.65. The van der Waals surface area contributed by atoms with Gasteiger partial charge in [-0.05, 0) is 36.4 Å². The Morgan fingerprint density at radius 2 is 1.38 bits per heavy atom. The lowest BCUT2D eigenvalue weighted by molar-refractivity contribution is 0.669. The molecule has 0 aliphatic heterocycles. The predicted molar refractivity (Wildman–Crippen MR) is 132 cm³/mol. The smallest absolute Gasteiger partial charge is 0.137 e. The van der Waals surface area contributed by atoms with E-state index in [1.54, 1.807) is 0 Å². The van der Waals surface area contributed by atoms with Gasteiger partial charge in [-0.15, -0.1) is 0 Å². The third-order valence-electron chi connectivity index (χ3n) is 6.77. The highest BCUT2D eigenvalue weighted by atomic mass is 16.3. The Morgan fingerprint density at radius 1 is 0.562 bits per heavy atom. The quantitative estimate of drug-likeness (QED) is 0.277. The molecule has 32 heavy (non-hydrogen) atoms. The van der Waals surface area contributed by atoms with Crippen LogP contribution in [0.3, 0.4) is 0 Å². The first-order valence-electron chi connectivity index (χ1n) is 10.8. The van der Waals surface area contributed by atoms with E-state index in [2.05, 4.69) is 76.1 Å². The van der Waals surface area contributed by atoms with E-state index in [0.29, 0.717) is 0 Å². The van der Waals surface area contributed by atoms with E-state index < -0.39 is 0 Å². The Balaban J connectivity index is 1.55. The van der Waals surface area contributed by atoms with Crippen molar-refractivity contribution in [1.82, 2.24) is 9.38 Å². The van der Waals surface area contributed by atoms with Crippen molar-refractivity contribution < 1.29 is 4.42 Å². The summed E-state index contributed by atoms with van der Waals surface area (Å²) in [6.45, 7) is 0. The maximum absolute atomic E-state index is 6.22. The van der Waals surface area contributed by atoms with Gasteiger partial charge in [-0.3, -0.25) is 4.98 Å². The number of furan rings is 1. The fourth-order valence-corrected chi connectivity index (χ4v) is 5.39. The number of pyridine rings is 1. The summed E-state index contributed by atoms with van der Waals surface area (Å²) < 4.78 is 8.61. The molecule has 0 bridgehead atoms. The van der Waals surface area contributed by atoms with Gasteiger partial charge in [-0.2, -0.15) is 0 Å². The molecule has 0 saturated heterocycles. The van der Waals surface area contributed by atoms with Crippen LogP contribution < -0.4 is 0 Å². The van der Waals surface area contributed by atoms with E-state index in [1.807, 2.05) is 30.5 Å². The van der Waals surface area contributed by atoms with Gasteiger partial charge in [0.15, 0.2) is 0 Å². The van der Waals surface area contributed by atoms with E-state index >= 15 is 0 Å². The molecule has 0 atom stereocenters. The second kappa shape index (κ2) is 5.65. The molecule has 0 saturated carbocycles. The number of nitrogens with zero attached hydrogens (tertiary/aromatic N) is 2. The van der Waals surface area contributed by atoms with Crippen molar-refractivity contribution >= 4 is 60.0 Å². The summed E-state index contributed by atoms with van der Waals surface area (Å²) in [6, 6.07) is 32.1. The predicted octanol–water partition coefficient (Wildman–Crippen LogP) is 7.80. The van der Waals surface area contributed by atoms with Gasteiger partial charge in [0, 0.05) is 50.1 Å². The maximum Gasteiger partial charge on any atom is 0.137 e. The van der Waals surface area contributed by atoms with Crippen LogP contribution in [0.4, 0.5) is 0 Å². The molecule has 0 aliphatic carbocycles. The lowest BCUT2D eigenvalue weighted by Crippen LogP contribution is -1.84. The molecule has 0 fully saturated rings. The van der Waals surface area contributed by atoms with Crippen LogP contribution in [0.5, 0.6) is 0 Å². The molecule has 8 aromatic rings. The zero-order chi connectivity index (χ0) is 20.8. The minimum Gasteiger partial charge on any atom is -0.456 e. The second-order valence-corrected chi connectivity index (χ2v) is 8.45. The van der Waals surface area contributed by atoms with Crippen LogP contribution in [0.2, 0.25) is 0 Å². The van der Waals surface area contributed by atoms with Crippen LogP contribution in [0.1, 0.15) is 0 Å². The molecule has 0 N–H and O–H groups in total. The van der Waals surface area contributed by atoms with Gasteiger partial charge in [-0.1, -0.05) is 48.5 Å². The zero-order valence-corrected chi connectivity index (χ0v) is 17.0. The van der Waals surface area contributed by atoms with E-state index in [-0.39, 0.29) is 0 Å². The number of benzene rings is 4. The molecule has 3 heteroatoms. The third-order valence-corrected chi connectivity index (χ3v) is 6.77. The lowest BCUT2D eigenvalue weighted by Gasteiger charge is -2.02. The van der Waals surface area contributed by atoms with Crippen molar-refractivity contribution in [1.29, 1.82) is 0 Å². The normalized spacial score (nSPS) is 12.4. The number of hydrogen-bond acceptors (Lipinski definition) is 2. The number of hydrogen-bond donors (Lipinski definition) is 0. The fraction of sp³-hybridized carbons (Fsp3) is 0. The van der Waals surface area contributed by atoms with Crippen molar-refractivity contribution in [2.75, 3.05) is 0 Å². The van der Waals surface area contributed by atoms with Gasteiger partial charge in [-0.25, -0.2) is 0 Å². The fourth-order valence-electron chi connectivity index (χ4n) is 5.39. The van der Waals surface area contributed by atoms with Crippen LogP contribution in [-0.2, 0) is 0 Å². The minimum absolute atomic E-state index is 0.929. The highest BCUT2D eigenvalue weighted by Crippen LogP contribution is 2.42. The average molecular weight is 408 g/mol. The summed E-state index contributed by atoms with van der Waals surface area (Å²) >= 11 is 0. The van der Waals surface area contributed by atoms with Crippen LogP contribution in [0, 0.1) is 0 Å². The van der Waals surface area contributed by atoms with Gasteiger partial charge in [0.05, 0.1) is 22.2 Å². The van der Waals surface area contributed by atoms with Gasteiger partial charge in [0.2, 0.25) is 0 Å². The van der Waals surface area contributed by atoms with E-state index in [9.17, 15) is 0 Å². The summed E-state index contributed by atoms with van der Waals surface area (Å²) in [5.74, 6) is 0. The standard InChI is InChI=1S/C29H16N2O/c1-2-10-27-18(6-1)23-15-22-20-8-5-7-19-21-14-17(24-9-3-4-13-30-24)11-12-25(21)31(29(19)20)26(22)16-28(23)32-27/h1-16H. The van der Waals surface area contributed by atoms with Crippen molar-refractivity contribution in [2.45, 2.75) is 0 Å². The Labute approximate surface area is 182 Å². The molecular formula is C29H16N2O. The molecule has 4 aromatic carbocycles. The number of fused-ring (bicyclic) bond motifs is 9. The molecule has 0 radical (unpaired) electrons. The largest absolute Gasteiger partial charge is 0.456 e. The minimum atomic E-state index is 0.929. The monoisotopic (exact) mass is 408 g/mol. The molecule has 3 nitrogen and oxygen atoms in total. The lowest BCUT2D eigenvalue weighted by atomic mass is 10.0. The van der Waals surface area contributed by atoms with Crippen LogP contribution >= 0.6 is 0 Å². The van der Waals surface area contributed by atoms with Crippen LogP contribution in [0.15, 0.2) is 102 Å². The first kappa shape index (κ1) is 16.3. The van der Waals surface area contributed by atoms with E-state index in [0.717, 1.165) is 22.4 Å². The summed E-state index contributed by atoms with van der Waals surface area (Å²) in [7, 11) is 0. The highest BCUT2D eigenvalue weighted by molar-refractivity contribution is 6.25. The van der Waals surface area contributed by atoms with Crippen LogP contribution in [0.25, 0.3) is 71.3 Å². The molecule has 0 aliphatic rings.